The first-order valence-electron chi connectivity index (χ1n) is 9.79. The number of hydrogen-bond acceptors (Lipinski definition) is 5. The average Bonchev–Trinajstić information content (AvgIpc) is 2.69. The first-order valence-corrected chi connectivity index (χ1v) is 9.79. The van der Waals surface area contributed by atoms with E-state index >= 15 is 0 Å². The van der Waals surface area contributed by atoms with Crippen LogP contribution in [0, 0.1) is 5.92 Å². The van der Waals surface area contributed by atoms with Crippen molar-refractivity contribution in [1.82, 2.24) is 9.88 Å². The number of amides is 2. The van der Waals surface area contributed by atoms with Gasteiger partial charge in [0.15, 0.2) is 0 Å². The third-order valence-electron chi connectivity index (χ3n) is 5.40. The minimum absolute atomic E-state index is 0.0134. The Hall–Kier alpha value is -3.29. The van der Waals surface area contributed by atoms with Gasteiger partial charge in [0.25, 0.3) is 0 Å². The zero-order valence-corrected chi connectivity index (χ0v) is 16.0. The maximum atomic E-state index is 12.4. The van der Waals surface area contributed by atoms with Crippen LogP contribution in [0.15, 0.2) is 48.8 Å². The fraction of sp³-hybridized carbons (Fsp3) is 0.381. The predicted molar refractivity (Wildman–Crippen MR) is 108 cm³/mol. The standard InChI is InChI=1S/C21H24N4O4/c26-20(15-13-25(14-15)17-2-1-9-22-12-17)23-16-3-5-18(6-4-16)29-19-7-10-24(11-8-19)21(27)28/h1-6,9,12,15,19H,7-8,10-11,13-14H2,(H,23,26)(H,27,28). The number of hydrogen-bond donors (Lipinski definition) is 2. The van der Waals surface area contributed by atoms with E-state index in [9.17, 15) is 9.59 Å². The number of likely N-dealkylation sites (tertiary alicyclic amines) is 1. The molecule has 29 heavy (non-hydrogen) atoms. The second-order valence-electron chi connectivity index (χ2n) is 7.41. The molecule has 0 saturated carbocycles. The lowest BCUT2D eigenvalue weighted by Crippen LogP contribution is -2.52. The highest BCUT2D eigenvalue weighted by atomic mass is 16.5. The smallest absolute Gasteiger partial charge is 0.407 e. The van der Waals surface area contributed by atoms with E-state index in [4.69, 9.17) is 9.84 Å². The Morgan fingerprint density at radius 2 is 1.83 bits per heavy atom. The normalized spacial score (nSPS) is 17.5. The topological polar surface area (TPSA) is 95.0 Å². The highest BCUT2D eigenvalue weighted by Gasteiger charge is 2.33. The molecule has 4 rings (SSSR count). The van der Waals surface area contributed by atoms with Crippen LogP contribution in [0.5, 0.6) is 5.75 Å². The molecular formula is C21H24N4O4. The number of rotatable bonds is 5. The molecule has 2 aromatic rings. The number of aromatic nitrogens is 1. The maximum Gasteiger partial charge on any atom is 0.407 e. The maximum absolute atomic E-state index is 12.4. The highest BCUT2D eigenvalue weighted by molar-refractivity contribution is 5.94. The van der Waals surface area contributed by atoms with Crippen molar-refractivity contribution in [3.05, 3.63) is 48.8 Å². The number of carboxylic acid groups (broad SMARTS) is 1. The van der Waals surface area contributed by atoms with Crippen molar-refractivity contribution in [3.8, 4) is 5.75 Å². The number of carbonyl (C=O) groups is 2. The summed E-state index contributed by atoms with van der Waals surface area (Å²) in [5, 5.41) is 12.0. The molecule has 8 nitrogen and oxygen atoms in total. The molecule has 8 heteroatoms. The Bertz CT molecular complexity index is 845. The van der Waals surface area contributed by atoms with Crippen LogP contribution in [0.25, 0.3) is 0 Å². The van der Waals surface area contributed by atoms with E-state index < -0.39 is 6.09 Å². The van der Waals surface area contributed by atoms with Crippen LogP contribution >= 0.6 is 0 Å². The highest BCUT2D eigenvalue weighted by Crippen LogP contribution is 2.25. The van der Waals surface area contributed by atoms with Crippen molar-refractivity contribution in [2.45, 2.75) is 18.9 Å². The Balaban J connectivity index is 1.23. The van der Waals surface area contributed by atoms with Gasteiger partial charge in [0.1, 0.15) is 11.9 Å². The lowest BCUT2D eigenvalue weighted by Gasteiger charge is -2.39. The van der Waals surface area contributed by atoms with E-state index in [1.807, 2.05) is 36.4 Å². The molecule has 2 aliphatic rings. The van der Waals surface area contributed by atoms with Crippen LogP contribution in [0.3, 0.4) is 0 Å². The number of nitrogens with one attached hydrogen (secondary N) is 1. The van der Waals surface area contributed by atoms with Gasteiger partial charge in [-0.3, -0.25) is 9.78 Å². The van der Waals surface area contributed by atoms with Crippen LogP contribution in [0.4, 0.5) is 16.2 Å². The summed E-state index contributed by atoms with van der Waals surface area (Å²) < 4.78 is 5.94. The summed E-state index contributed by atoms with van der Waals surface area (Å²) >= 11 is 0. The first-order chi connectivity index (χ1) is 14.1. The van der Waals surface area contributed by atoms with Crippen molar-refractivity contribution in [2.24, 2.45) is 5.92 Å². The molecule has 0 bridgehead atoms. The third-order valence-corrected chi connectivity index (χ3v) is 5.40. The lowest BCUT2D eigenvalue weighted by atomic mass is 9.98. The Morgan fingerprint density at radius 3 is 2.45 bits per heavy atom. The molecule has 0 aliphatic carbocycles. The lowest BCUT2D eigenvalue weighted by molar-refractivity contribution is -0.120. The van der Waals surface area contributed by atoms with Gasteiger partial charge in [-0.1, -0.05) is 0 Å². The second-order valence-corrected chi connectivity index (χ2v) is 7.41. The van der Waals surface area contributed by atoms with E-state index in [1.165, 1.54) is 4.90 Å². The molecule has 2 amide bonds. The molecule has 2 fully saturated rings. The number of carbonyl (C=O) groups excluding carboxylic acids is 1. The van der Waals surface area contributed by atoms with Gasteiger partial charge < -0.3 is 25.0 Å². The molecule has 0 unspecified atom stereocenters. The van der Waals surface area contributed by atoms with E-state index in [0.29, 0.717) is 39.0 Å². The third kappa shape index (κ3) is 4.59. The molecule has 0 radical (unpaired) electrons. The molecule has 1 aromatic carbocycles. The first kappa shape index (κ1) is 19.0. The Morgan fingerprint density at radius 1 is 1.10 bits per heavy atom. The van der Waals surface area contributed by atoms with Gasteiger partial charge in [-0.15, -0.1) is 0 Å². The van der Waals surface area contributed by atoms with Crippen LogP contribution < -0.4 is 15.0 Å². The number of benzene rings is 1. The summed E-state index contributed by atoms with van der Waals surface area (Å²) in [6.45, 7) is 2.36. The van der Waals surface area contributed by atoms with Crippen molar-refractivity contribution >= 4 is 23.4 Å². The zero-order chi connectivity index (χ0) is 20.2. The summed E-state index contributed by atoms with van der Waals surface area (Å²) in [4.78, 5) is 31.0. The van der Waals surface area contributed by atoms with E-state index in [1.54, 1.807) is 12.4 Å². The van der Waals surface area contributed by atoms with Crippen molar-refractivity contribution in [3.63, 3.8) is 0 Å². The molecule has 2 aliphatic heterocycles. The van der Waals surface area contributed by atoms with Gasteiger partial charge in [-0.05, 0) is 36.4 Å². The number of ether oxygens (including phenoxy) is 1. The molecule has 2 saturated heterocycles. The van der Waals surface area contributed by atoms with Crippen LogP contribution in [0.2, 0.25) is 0 Å². The number of anilines is 2. The number of piperidine rings is 1. The molecule has 3 heterocycles. The molecule has 2 N–H and O–H groups in total. The van der Waals surface area contributed by atoms with Gasteiger partial charge >= 0.3 is 6.09 Å². The van der Waals surface area contributed by atoms with Gasteiger partial charge in [-0.25, -0.2) is 4.79 Å². The van der Waals surface area contributed by atoms with Crippen LogP contribution in [0.1, 0.15) is 12.8 Å². The van der Waals surface area contributed by atoms with Crippen molar-refractivity contribution in [2.75, 3.05) is 36.4 Å². The minimum Gasteiger partial charge on any atom is -0.490 e. The fourth-order valence-corrected chi connectivity index (χ4v) is 3.61. The van der Waals surface area contributed by atoms with Gasteiger partial charge in [0.05, 0.1) is 17.8 Å². The molecule has 152 valence electrons. The Kier molecular flexibility index (Phi) is 5.50. The fourth-order valence-electron chi connectivity index (χ4n) is 3.61. The van der Waals surface area contributed by atoms with Gasteiger partial charge in [-0.2, -0.15) is 0 Å². The summed E-state index contributed by atoms with van der Waals surface area (Å²) in [6, 6.07) is 11.2. The molecule has 1 aromatic heterocycles. The monoisotopic (exact) mass is 396 g/mol. The van der Waals surface area contributed by atoms with Crippen molar-refractivity contribution < 1.29 is 19.4 Å². The van der Waals surface area contributed by atoms with E-state index in [0.717, 1.165) is 17.1 Å². The number of nitrogens with zero attached hydrogens (tertiary/aromatic N) is 3. The molecule has 0 atom stereocenters. The second kappa shape index (κ2) is 8.38. The Labute approximate surface area is 169 Å². The SMILES string of the molecule is O=C(Nc1ccc(OC2CCN(C(=O)O)CC2)cc1)C1CN(c2cccnc2)C1. The molecular weight excluding hydrogens is 372 g/mol. The summed E-state index contributed by atoms with van der Waals surface area (Å²) in [5.74, 6) is 0.702. The quantitative estimate of drug-likeness (QED) is 0.807. The summed E-state index contributed by atoms with van der Waals surface area (Å²) in [6.07, 6.45) is 4.04. The average molecular weight is 396 g/mol. The minimum atomic E-state index is -0.876. The van der Waals surface area contributed by atoms with Gasteiger partial charge in [0, 0.05) is 50.9 Å². The number of pyridine rings is 1. The van der Waals surface area contributed by atoms with Crippen LogP contribution in [-0.2, 0) is 4.79 Å². The summed E-state index contributed by atoms with van der Waals surface area (Å²) in [5.41, 5.74) is 1.77. The largest absolute Gasteiger partial charge is 0.490 e. The van der Waals surface area contributed by atoms with E-state index in [-0.39, 0.29) is 17.9 Å². The summed E-state index contributed by atoms with van der Waals surface area (Å²) in [7, 11) is 0. The van der Waals surface area contributed by atoms with Gasteiger partial charge in [0.2, 0.25) is 5.91 Å². The van der Waals surface area contributed by atoms with Crippen LogP contribution in [-0.4, -0.2) is 59.3 Å². The molecule has 0 spiro atoms. The predicted octanol–water partition coefficient (Wildman–Crippen LogP) is 2.68. The van der Waals surface area contributed by atoms with Crippen molar-refractivity contribution in [1.29, 1.82) is 0 Å². The zero-order valence-electron chi connectivity index (χ0n) is 16.0. The van der Waals surface area contributed by atoms with E-state index in [2.05, 4.69) is 15.2 Å².